The molecule has 0 spiro atoms. The number of phosphoric ester groups is 1. The Morgan fingerprint density at radius 3 is 1.31 bits per heavy atom. The molecule has 0 heterocycles. The minimum absolute atomic E-state index is 0.0662. The average molecular weight is 958 g/mol. The van der Waals surface area contributed by atoms with Gasteiger partial charge in [-0.1, -0.05) is 234 Å². The molecule has 8 nitrogen and oxygen atoms in total. The van der Waals surface area contributed by atoms with Gasteiger partial charge in [0.15, 0.2) is 0 Å². The van der Waals surface area contributed by atoms with Crippen molar-refractivity contribution in [2.24, 2.45) is 0 Å². The van der Waals surface area contributed by atoms with Crippen LogP contribution in [0.5, 0.6) is 0 Å². The van der Waals surface area contributed by atoms with E-state index in [0.29, 0.717) is 23.9 Å². The summed E-state index contributed by atoms with van der Waals surface area (Å²) in [6.07, 6.45) is 67.6. The van der Waals surface area contributed by atoms with Crippen LogP contribution in [0.2, 0.25) is 0 Å². The lowest BCUT2D eigenvalue weighted by Crippen LogP contribution is -2.46. The quantitative estimate of drug-likeness (QED) is 0.0243. The van der Waals surface area contributed by atoms with Crippen LogP contribution in [0.3, 0.4) is 0 Å². The molecule has 0 saturated carbocycles. The molecule has 388 valence electrons. The normalized spacial score (nSPS) is 14.7. The highest BCUT2D eigenvalue weighted by atomic mass is 31.2. The van der Waals surface area contributed by atoms with Crippen LogP contribution in [0.4, 0.5) is 0 Å². The van der Waals surface area contributed by atoms with Crippen molar-refractivity contribution < 1.29 is 32.9 Å². The van der Waals surface area contributed by atoms with Gasteiger partial charge in [0.2, 0.25) is 5.91 Å². The van der Waals surface area contributed by atoms with Gasteiger partial charge in [0, 0.05) is 6.42 Å². The second-order valence-corrected chi connectivity index (χ2v) is 21.0. The number of carbonyl (C=O) groups excluding carboxylic acids is 1. The molecule has 0 rings (SSSR count). The number of carbonyl (C=O) groups is 1. The second kappa shape index (κ2) is 48.7. The van der Waals surface area contributed by atoms with Gasteiger partial charge in [-0.05, 0) is 70.6 Å². The Hall–Kier alpha value is -2.32. The van der Waals surface area contributed by atoms with Gasteiger partial charge < -0.3 is 19.8 Å². The third-order valence-electron chi connectivity index (χ3n) is 11.9. The molecule has 0 aliphatic heterocycles. The summed E-state index contributed by atoms with van der Waals surface area (Å²) in [6.45, 7) is 4.76. The van der Waals surface area contributed by atoms with Crippen molar-refractivity contribution in [3.8, 4) is 0 Å². The summed E-state index contributed by atoms with van der Waals surface area (Å²) in [4.78, 5) is 23.3. The molecule has 3 unspecified atom stereocenters. The highest BCUT2D eigenvalue weighted by Gasteiger charge is 2.28. The maximum atomic E-state index is 13.0. The summed E-state index contributed by atoms with van der Waals surface area (Å²) in [7, 11) is 1.59. The first kappa shape index (κ1) is 64.7. The van der Waals surface area contributed by atoms with Gasteiger partial charge in [-0.15, -0.1) is 0 Å². The Kier molecular flexibility index (Phi) is 47.0. The zero-order chi connectivity index (χ0) is 49.2. The molecule has 0 bridgehead atoms. The number of unbranched alkanes of at least 4 members (excludes halogenated alkanes) is 22. The Balaban J connectivity index is 4.29. The minimum atomic E-state index is -4.33. The number of quaternary nitrogens is 1. The SMILES string of the molecule is CC/C=C\C/C=C\C/C=C\C/C=C\C/C=C\C/C=C\C/C=C\CCCCCCCC(=O)NC(COP(=O)(O)OCC[N+](C)(C)C)C(O)CCCCCCCCCCCCCCCCCCCC. The topological polar surface area (TPSA) is 105 Å². The number of aliphatic hydroxyl groups excluding tert-OH is 1. The molecular formula is C58H106N2O6P+. The zero-order valence-electron chi connectivity index (χ0n) is 44.1. The predicted molar refractivity (Wildman–Crippen MR) is 290 cm³/mol. The number of likely N-dealkylation sites (N-methyl/N-ethyl adjacent to an activating group) is 1. The minimum Gasteiger partial charge on any atom is -0.391 e. The molecule has 0 aromatic heterocycles. The molecule has 0 aliphatic carbocycles. The van der Waals surface area contributed by atoms with Gasteiger partial charge in [-0.2, -0.15) is 0 Å². The van der Waals surface area contributed by atoms with E-state index in [9.17, 15) is 19.4 Å². The highest BCUT2D eigenvalue weighted by Crippen LogP contribution is 2.43. The summed E-state index contributed by atoms with van der Waals surface area (Å²) in [5.41, 5.74) is 0. The van der Waals surface area contributed by atoms with E-state index in [1.165, 1.54) is 96.3 Å². The maximum Gasteiger partial charge on any atom is 0.472 e. The van der Waals surface area contributed by atoms with Crippen LogP contribution < -0.4 is 5.32 Å². The fraction of sp³-hybridized carbons (Fsp3) is 0.741. The molecule has 0 aliphatic rings. The van der Waals surface area contributed by atoms with E-state index in [-0.39, 0.29) is 19.1 Å². The van der Waals surface area contributed by atoms with Gasteiger partial charge in [-0.25, -0.2) is 4.57 Å². The first-order valence-corrected chi connectivity index (χ1v) is 28.9. The van der Waals surface area contributed by atoms with Crippen LogP contribution in [0.15, 0.2) is 85.1 Å². The number of hydrogen-bond donors (Lipinski definition) is 3. The molecule has 1 amide bonds. The fourth-order valence-corrected chi connectivity index (χ4v) is 8.35. The van der Waals surface area contributed by atoms with Crippen LogP contribution in [-0.4, -0.2) is 73.4 Å². The molecule has 9 heteroatoms. The molecule has 0 aromatic rings. The van der Waals surface area contributed by atoms with Crippen molar-refractivity contribution in [3.63, 3.8) is 0 Å². The Labute approximate surface area is 414 Å². The number of hydrogen-bond acceptors (Lipinski definition) is 5. The summed E-state index contributed by atoms with van der Waals surface area (Å²) >= 11 is 0. The summed E-state index contributed by atoms with van der Waals surface area (Å²) in [5.74, 6) is -0.165. The number of rotatable bonds is 49. The molecule has 67 heavy (non-hydrogen) atoms. The van der Waals surface area contributed by atoms with Crippen LogP contribution in [0, 0.1) is 0 Å². The number of allylic oxidation sites excluding steroid dienone is 14. The van der Waals surface area contributed by atoms with E-state index in [2.05, 4.69) is 104 Å². The molecule has 0 aromatic carbocycles. The molecular weight excluding hydrogens is 852 g/mol. The van der Waals surface area contributed by atoms with E-state index in [1.807, 2.05) is 21.1 Å². The van der Waals surface area contributed by atoms with E-state index >= 15 is 0 Å². The molecule has 0 radical (unpaired) electrons. The number of aliphatic hydroxyl groups is 1. The molecule has 0 saturated heterocycles. The van der Waals surface area contributed by atoms with Gasteiger partial charge >= 0.3 is 7.82 Å². The Bertz CT molecular complexity index is 1360. The van der Waals surface area contributed by atoms with Crippen molar-refractivity contribution in [2.75, 3.05) is 40.9 Å². The van der Waals surface area contributed by atoms with E-state index in [0.717, 1.165) is 103 Å². The predicted octanol–water partition coefficient (Wildman–Crippen LogP) is 16.5. The van der Waals surface area contributed by atoms with E-state index in [1.54, 1.807) is 0 Å². The standard InChI is InChI=1S/C58H105N2O6P/c1-6-8-10-12-14-16-18-20-22-24-26-27-28-29-30-31-32-33-34-36-38-40-42-44-46-48-50-52-58(62)59-56(55-66-67(63,64)65-54-53-60(3,4)5)57(61)51-49-47-45-43-41-39-37-35-25-23-21-19-17-15-13-11-9-7-2/h8,10,14,16,20,22,26-27,29-30,32-33,36,38,56-57,61H,6-7,9,11-13,15,17-19,21,23-25,28,31,34-35,37,39-55H2,1-5H3,(H-,59,62,63,64)/p+1/b10-8-,16-14-,22-20-,27-26-,30-29-,33-32-,38-36-. The van der Waals surface area contributed by atoms with Gasteiger partial charge in [0.25, 0.3) is 0 Å². The van der Waals surface area contributed by atoms with Crippen molar-refractivity contribution in [3.05, 3.63) is 85.1 Å². The lowest BCUT2D eigenvalue weighted by Gasteiger charge is -2.26. The van der Waals surface area contributed by atoms with Crippen molar-refractivity contribution >= 4 is 13.7 Å². The molecule has 0 fully saturated rings. The first-order valence-electron chi connectivity index (χ1n) is 27.5. The van der Waals surface area contributed by atoms with Crippen LogP contribution in [0.1, 0.15) is 226 Å². The number of nitrogens with zero attached hydrogens (tertiary/aromatic N) is 1. The van der Waals surface area contributed by atoms with E-state index in [4.69, 9.17) is 9.05 Å². The third-order valence-corrected chi connectivity index (χ3v) is 12.9. The Morgan fingerprint density at radius 2 is 0.896 bits per heavy atom. The van der Waals surface area contributed by atoms with Crippen LogP contribution >= 0.6 is 7.82 Å². The third kappa shape index (κ3) is 51.4. The monoisotopic (exact) mass is 958 g/mol. The molecule has 3 N–H and O–H groups in total. The number of nitrogens with one attached hydrogen (secondary N) is 1. The summed E-state index contributed by atoms with van der Waals surface area (Å²) in [5, 5.41) is 14.0. The first-order chi connectivity index (χ1) is 32.5. The smallest absolute Gasteiger partial charge is 0.391 e. The van der Waals surface area contributed by atoms with Gasteiger partial charge in [-0.3, -0.25) is 13.8 Å². The average Bonchev–Trinajstić information content (AvgIpc) is 3.29. The second-order valence-electron chi connectivity index (χ2n) is 19.6. The summed E-state index contributed by atoms with van der Waals surface area (Å²) in [6, 6.07) is -0.777. The van der Waals surface area contributed by atoms with E-state index < -0.39 is 20.0 Å². The van der Waals surface area contributed by atoms with Crippen molar-refractivity contribution in [1.82, 2.24) is 5.32 Å². The lowest BCUT2D eigenvalue weighted by atomic mass is 10.0. The number of phosphoric acid groups is 1. The van der Waals surface area contributed by atoms with Crippen molar-refractivity contribution in [2.45, 2.75) is 238 Å². The van der Waals surface area contributed by atoms with Crippen LogP contribution in [-0.2, 0) is 18.4 Å². The summed E-state index contributed by atoms with van der Waals surface area (Å²) < 4.78 is 23.7. The molecule has 3 atom stereocenters. The van der Waals surface area contributed by atoms with Gasteiger partial charge in [0.1, 0.15) is 13.2 Å². The van der Waals surface area contributed by atoms with Gasteiger partial charge in [0.05, 0.1) is 39.9 Å². The highest BCUT2D eigenvalue weighted by molar-refractivity contribution is 7.47. The lowest BCUT2D eigenvalue weighted by molar-refractivity contribution is -0.870. The van der Waals surface area contributed by atoms with Crippen LogP contribution in [0.25, 0.3) is 0 Å². The fourth-order valence-electron chi connectivity index (χ4n) is 7.61. The maximum absolute atomic E-state index is 13.0. The Morgan fingerprint density at radius 1 is 0.522 bits per heavy atom. The largest absolute Gasteiger partial charge is 0.472 e. The number of amides is 1. The zero-order valence-corrected chi connectivity index (χ0v) is 45.0. The van der Waals surface area contributed by atoms with Crippen molar-refractivity contribution in [1.29, 1.82) is 0 Å².